The van der Waals surface area contributed by atoms with Crippen molar-refractivity contribution in [1.29, 1.82) is 0 Å². The number of rotatable bonds is 7. The number of halogens is 1. The smallest absolute Gasteiger partial charge is 0.169 e. The van der Waals surface area contributed by atoms with Crippen molar-refractivity contribution in [3.63, 3.8) is 0 Å². The largest absolute Gasteiger partial charge is 0.491 e. The first-order valence-corrected chi connectivity index (χ1v) is 11.8. The number of hydrogen-bond acceptors (Lipinski definition) is 6. The lowest BCUT2D eigenvalue weighted by molar-refractivity contribution is 0.319. The van der Waals surface area contributed by atoms with Crippen LogP contribution in [-0.4, -0.2) is 26.5 Å². The second-order valence-electron chi connectivity index (χ2n) is 8.54. The highest BCUT2D eigenvalue weighted by Gasteiger charge is 2.28. The number of pyridine rings is 2. The molecule has 182 valence electrons. The Labute approximate surface area is 208 Å². The molecular weight excluding hydrogens is 455 g/mol. The van der Waals surface area contributed by atoms with Crippen molar-refractivity contribution >= 4 is 22.3 Å². The van der Waals surface area contributed by atoms with Gasteiger partial charge in [0.2, 0.25) is 0 Å². The molecule has 1 unspecified atom stereocenters. The predicted molar refractivity (Wildman–Crippen MR) is 140 cm³/mol. The first kappa shape index (κ1) is 23.3. The minimum atomic E-state index is -0.672. The summed E-state index contributed by atoms with van der Waals surface area (Å²) >= 11 is 0. The summed E-state index contributed by atoms with van der Waals surface area (Å²) < 4.78 is 21.6. The van der Waals surface area contributed by atoms with Gasteiger partial charge in [-0.15, -0.1) is 0 Å². The van der Waals surface area contributed by atoms with Crippen molar-refractivity contribution in [2.75, 3.05) is 18.1 Å². The Morgan fingerprint density at radius 3 is 2.67 bits per heavy atom. The molecule has 5 rings (SSSR count). The minimum Gasteiger partial charge on any atom is -0.491 e. The summed E-state index contributed by atoms with van der Waals surface area (Å²) in [6.45, 7) is 4.20. The van der Waals surface area contributed by atoms with Gasteiger partial charge in [0, 0.05) is 40.8 Å². The van der Waals surface area contributed by atoms with E-state index < -0.39 is 11.7 Å². The Kier molecular flexibility index (Phi) is 6.25. The lowest BCUT2D eigenvalue weighted by Crippen LogP contribution is -2.12. The number of fused-ring (bicyclic) bond motifs is 1. The molecule has 0 aliphatic rings. The van der Waals surface area contributed by atoms with Crippen molar-refractivity contribution < 1.29 is 9.13 Å². The fourth-order valence-electron chi connectivity index (χ4n) is 4.42. The van der Waals surface area contributed by atoms with Crippen molar-refractivity contribution in [2.24, 2.45) is 0 Å². The lowest BCUT2D eigenvalue weighted by Gasteiger charge is -2.20. The number of aromatic nitrogens is 4. The Morgan fingerprint density at radius 1 is 1.06 bits per heavy atom. The second-order valence-corrected chi connectivity index (χ2v) is 8.54. The van der Waals surface area contributed by atoms with E-state index in [2.05, 4.69) is 9.97 Å². The van der Waals surface area contributed by atoms with E-state index in [9.17, 15) is 0 Å². The van der Waals surface area contributed by atoms with Gasteiger partial charge in [-0.05, 0) is 66.8 Å². The van der Waals surface area contributed by atoms with Crippen LogP contribution in [0.2, 0.25) is 0 Å². The van der Waals surface area contributed by atoms with Gasteiger partial charge in [0.15, 0.2) is 11.6 Å². The maximum Gasteiger partial charge on any atom is 0.169 e. The number of benzene rings is 2. The van der Waals surface area contributed by atoms with E-state index in [1.165, 1.54) is 0 Å². The number of aromatic amines is 1. The molecule has 0 aliphatic carbocycles. The molecule has 0 radical (unpaired) electrons. The summed E-state index contributed by atoms with van der Waals surface area (Å²) in [5.74, 6) is -0.0585. The number of nitrogens with one attached hydrogen (secondary N) is 1. The molecule has 0 saturated carbocycles. The number of aryl methyl sites for hydroxylation is 1. The number of H-pyrrole nitrogens is 1. The molecule has 8 heteroatoms. The van der Waals surface area contributed by atoms with Gasteiger partial charge < -0.3 is 21.2 Å². The van der Waals surface area contributed by atoms with Gasteiger partial charge in [-0.2, -0.15) is 0 Å². The number of nitrogens with two attached hydrogens (primary N) is 2. The summed E-state index contributed by atoms with van der Waals surface area (Å²) in [4.78, 5) is 16.9. The number of anilines is 2. The van der Waals surface area contributed by atoms with E-state index >= 15 is 4.39 Å². The minimum absolute atomic E-state index is 0.203. The summed E-state index contributed by atoms with van der Waals surface area (Å²) in [6, 6.07) is 14.7. The summed E-state index contributed by atoms with van der Waals surface area (Å²) in [5, 5.41) is 1.60. The Balaban J connectivity index is 1.75. The molecule has 0 spiro atoms. The first-order valence-electron chi connectivity index (χ1n) is 11.8. The summed E-state index contributed by atoms with van der Waals surface area (Å²) in [5.41, 5.74) is 16.4. The van der Waals surface area contributed by atoms with E-state index in [0.717, 1.165) is 21.9 Å². The molecule has 0 amide bonds. The molecule has 5 aromatic rings. The molecule has 5 N–H and O–H groups in total. The Hall–Kier alpha value is -4.46. The average Bonchev–Trinajstić information content (AvgIpc) is 3.36. The van der Waals surface area contributed by atoms with Gasteiger partial charge in [-0.25, -0.2) is 14.4 Å². The molecule has 0 fully saturated rings. The third-order valence-electron chi connectivity index (χ3n) is 6.17. The highest BCUT2D eigenvalue weighted by atomic mass is 19.1. The Bertz CT molecular complexity index is 1530. The quantitative estimate of drug-likeness (QED) is 0.265. The SMILES string of the molecule is CCOc1cc(CC)cc(C(c2cc3cc(N)ccc3c(N)n2)c2nc(-c3cccnc3)c[nH]2)c1F. The summed E-state index contributed by atoms with van der Waals surface area (Å²) in [6.07, 6.45) is 5.93. The normalized spacial score (nSPS) is 12.1. The highest BCUT2D eigenvalue weighted by Crippen LogP contribution is 2.38. The maximum absolute atomic E-state index is 15.9. The molecular formula is C28H27FN6O. The lowest BCUT2D eigenvalue weighted by atomic mass is 9.90. The van der Waals surface area contributed by atoms with Gasteiger partial charge in [0.05, 0.1) is 23.9 Å². The van der Waals surface area contributed by atoms with Crippen molar-refractivity contribution in [3.8, 4) is 17.0 Å². The van der Waals surface area contributed by atoms with E-state index in [0.29, 0.717) is 47.3 Å². The molecule has 3 heterocycles. The van der Waals surface area contributed by atoms with Crippen LogP contribution in [0.5, 0.6) is 5.75 Å². The predicted octanol–water partition coefficient (Wildman–Crippen LogP) is 5.46. The Morgan fingerprint density at radius 2 is 1.92 bits per heavy atom. The molecule has 7 nitrogen and oxygen atoms in total. The van der Waals surface area contributed by atoms with Crippen LogP contribution in [0.1, 0.15) is 42.4 Å². The molecule has 3 aromatic heterocycles. The number of imidazole rings is 1. The van der Waals surface area contributed by atoms with Crippen LogP contribution in [0.25, 0.3) is 22.0 Å². The van der Waals surface area contributed by atoms with E-state index in [1.54, 1.807) is 30.7 Å². The van der Waals surface area contributed by atoms with E-state index in [-0.39, 0.29) is 5.75 Å². The number of nitrogens with zero attached hydrogens (tertiary/aromatic N) is 3. The maximum atomic E-state index is 15.9. The van der Waals surface area contributed by atoms with Gasteiger partial charge in [0.25, 0.3) is 0 Å². The van der Waals surface area contributed by atoms with Gasteiger partial charge in [-0.3, -0.25) is 4.98 Å². The molecule has 0 saturated heterocycles. The molecule has 2 aromatic carbocycles. The molecule has 36 heavy (non-hydrogen) atoms. The van der Waals surface area contributed by atoms with Crippen LogP contribution in [0, 0.1) is 5.82 Å². The highest BCUT2D eigenvalue weighted by molar-refractivity contribution is 5.93. The molecule has 0 aliphatic heterocycles. The number of hydrogen-bond donors (Lipinski definition) is 3. The number of nitrogen functional groups attached to an aromatic ring is 2. The van der Waals surface area contributed by atoms with Crippen molar-refractivity contribution in [1.82, 2.24) is 19.9 Å². The second kappa shape index (κ2) is 9.65. The fraction of sp³-hybridized carbons (Fsp3) is 0.179. The average molecular weight is 483 g/mol. The van der Waals surface area contributed by atoms with Crippen molar-refractivity contribution in [2.45, 2.75) is 26.2 Å². The van der Waals surface area contributed by atoms with E-state index in [4.69, 9.17) is 26.2 Å². The zero-order chi connectivity index (χ0) is 25.2. The monoisotopic (exact) mass is 482 g/mol. The summed E-state index contributed by atoms with van der Waals surface area (Å²) in [7, 11) is 0. The van der Waals surface area contributed by atoms with Crippen LogP contribution in [0.15, 0.2) is 67.1 Å². The zero-order valence-electron chi connectivity index (χ0n) is 20.1. The van der Waals surface area contributed by atoms with Gasteiger partial charge >= 0.3 is 0 Å². The van der Waals surface area contributed by atoms with Crippen LogP contribution in [-0.2, 0) is 6.42 Å². The fourth-order valence-corrected chi connectivity index (χ4v) is 4.42. The van der Waals surface area contributed by atoms with Gasteiger partial charge in [-0.1, -0.05) is 13.0 Å². The molecule has 0 bridgehead atoms. The van der Waals surface area contributed by atoms with Crippen LogP contribution >= 0.6 is 0 Å². The standard InChI is InChI=1S/C28H27FN6O/c1-3-16-10-21(26(29)24(11-16)36-4-2)25(28-33-15-23(35-28)17-6-5-9-32-14-17)22-13-18-12-19(30)7-8-20(18)27(31)34-22/h5-15,25H,3-4,30H2,1-2H3,(H2,31,34)(H,33,35). The van der Waals surface area contributed by atoms with Crippen LogP contribution < -0.4 is 16.2 Å². The van der Waals surface area contributed by atoms with Crippen molar-refractivity contribution in [3.05, 3.63) is 95.6 Å². The molecule has 1 atom stereocenters. The van der Waals surface area contributed by atoms with Crippen LogP contribution in [0.4, 0.5) is 15.9 Å². The third-order valence-corrected chi connectivity index (χ3v) is 6.17. The topological polar surface area (TPSA) is 116 Å². The van der Waals surface area contributed by atoms with Crippen LogP contribution in [0.3, 0.4) is 0 Å². The number of ether oxygens (including phenoxy) is 1. The third kappa shape index (κ3) is 4.33. The van der Waals surface area contributed by atoms with E-state index in [1.807, 2.05) is 50.2 Å². The van der Waals surface area contributed by atoms with Gasteiger partial charge in [0.1, 0.15) is 11.6 Å². The zero-order valence-corrected chi connectivity index (χ0v) is 20.1. The first-order chi connectivity index (χ1) is 17.5.